The quantitative estimate of drug-likeness (QED) is 0.721. The van der Waals surface area contributed by atoms with Crippen molar-refractivity contribution in [2.45, 2.75) is 32.7 Å². The number of nitrogens with one attached hydrogen (secondary N) is 1. The minimum atomic E-state index is -0.124. The van der Waals surface area contributed by atoms with Gasteiger partial charge in [0.1, 0.15) is 5.82 Å². The third-order valence-corrected chi connectivity index (χ3v) is 2.64. The van der Waals surface area contributed by atoms with Crippen LogP contribution in [0.15, 0.2) is 30.9 Å². The molecule has 0 saturated heterocycles. The van der Waals surface area contributed by atoms with E-state index in [2.05, 4.69) is 11.9 Å². The number of hydrogen-bond donors (Lipinski definition) is 1. The van der Waals surface area contributed by atoms with Crippen LogP contribution in [0.4, 0.5) is 4.39 Å². The lowest BCUT2D eigenvalue weighted by Crippen LogP contribution is -2.21. The van der Waals surface area contributed by atoms with Crippen LogP contribution >= 0.6 is 0 Å². The molecule has 0 spiro atoms. The predicted molar refractivity (Wildman–Crippen MR) is 67.0 cm³/mol. The van der Waals surface area contributed by atoms with E-state index >= 15 is 0 Å². The normalized spacial score (nSPS) is 12.4. The number of aryl methyl sites for hydroxylation is 1. The fourth-order valence-corrected chi connectivity index (χ4v) is 1.83. The van der Waals surface area contributed by atoms with Crippen LogP contribution in [0.1, 0.15) is 36.9 Å². The highest BCUT2D eigenvalue weighted by Gasteiger charge is 2.13. The van der Waals surface area contributed by atoms with Gasteiger partial charge in [-0.3, -0.25) is 0 Å². The Morgan fingerprint density at radius 2 is 2.25 bits per heavy atom. The summed E-state index contributed by atoms with van der Waals surface area (Å²) in [4.78, 5) is 0. The third kappa shape index (κ3) is 3.46. The Labute approximate surface area is 97.4 Å². The van der Waals surface area contributed by atoms with Gasteiger partial charge >= 0.3 is 0 Å². The van der Waals surface area contributed by atoms with Crippen molar-refractivity contribution >= 4 is 0 Å². The summed E-state index contributed by atoms with van der Waals surface area (Å²) in [5, 5.41) is 3.31. The van der Waals surface area contributed by atoms with E-state index in [1.54, 1.807) is 12.1 Å². The van der Waals surface area contributed by atoms with Crippen molar-refractivity contribution in [3.63, 3.8) is 0 Å². The molecule has 0 fully saturated rings. The molecule has 16 heavy (non-hydrogen) atoms. The van der Waals surface area contributed by atoms with Crippen LogP contribution in [-0.2, 0) is 0 Å². The van der Waals surface area contributed by atoms with Crippen LogP contribution in [0.2, 0.25) is 0 Å². The second-order valence-corrected chi connectivity index (χ2v) is 4.00. The summed E-state index contributed by atoms with van der Waals surface area (Å²) in [6, 6.07) is 5.35. The highest BCUT2D eigenvalue weighted by molar-refractivity contribution is 5.27. The molecule has 0 heterocycles. The topological polar surface area (TPSA) is 12.0 Å². The number of rotatable bonds is 6. The molecule has 0 aliphatic rings. The molecular weight excluding hydrogens is 201 g/mol. The standard InChI is InChI=1S/C14H20FN/c1-4-6-7-14(16-5-2)12-10-11(3)8-9-13(12)15/h4,8-10,14,16H,1,5-7H2,2-3H3. The monoisotopic (exact) mass is 221 g/mol. The first-order chi connectivity index (χ1) is 7.69. The zero-order chi connectivity index (χ0) is 12.0. The molecule has 88 valence electrons. The first kappa shape index (κ1) is 12.9. The van der Waals surface area contributed by atoms with E-state index in [1.165, 1.54) is 0 Å². The van der Waals surface area contributed by atoms with Crippen LogP contribution in [-0.4, -0.2) is 6.54 Å². The average molecular weight is 221 g/mol. The van der Waals surface area contributed by atoms with Crippen LogP contribution < -0.4 is 5.32 Å². The Balaban J connectivity index is 2.89. The van der Waals surface area contributed by atoms with Crippen molar-refractivity contribution in [1.29, 1.82) is 0 Å². The van der Waals surface area contributed by atoms with Crippen molar-refractivity contribution in [2.75, 3.05) is 6.54 Å². The van der Waals surface area contributed by atoms with Gasteiger partial charge in [0.15, 0.2) is 0 Å². The molecule has 1 N–H and O–H groups in total. The van der Waals surface area contributed by atoms with E-state index in [1.807, 2.05) is 26.0 Å². The van der Waals surface area contributed by atoms with Gasteiger partial charge < -0.3 is 5.32 Å². The first-order valence-electron chi connectivity index (χ1n) is 5.79. The van der Waals surface area contributed by atoms with Gasteiger partial charge in [-0.15, -0.1) is 6.58 Å². The molecule has 1 nitrogen and oxygen atoms in total. The lowest BCUT2D eigenvalue weighted by atomic mass is 9.99. The van der Waals surface area contributed by atoms with Crippen molar-refractivity contribution in [3.8, 4) is 0 Å². The summed E-state index contributed by atoms with van der Waals surface area (Å²) in [7, 11) is 0. The van der Waals surface area contributed by atoms with Crippen molar-refractivity contribution < 1.29 is 4.39 Å². The minimum Gasteiger partial charge on any atom is -0.310 e. The Morgan fingerprint density at radius 1 is 1.50 bits per heavy atom. The number of hydrogen-bond acceptors (Lipinski definition) is 1. The molecule has 0 aliphatic carbocycles. The van der Waals surface area contributed by atoms with Crippen molar-refractivity contribution in [3.05, 3.63) is 47.8 Å². The van der Waals surface area contributed by atoms with Gasteiger partial charge in [0.25, 0.3) is 0 Å². The summed E-state index contributed by atoms with van der Waals surface area (Å²) >= 11 is 0. The Hall–Kier alpha value is -1.15. The van der Waals surface area contributed by atoms with E-state index in [4.69, 9.17) is 0 Å². The summed E-state index contributed by atoms with van der Waals surface area (Å²) in [5.41, 5.74) is 1.86. The van der Waals surface area contributed by atoms with Crippen molar-refractivity contribution in [1.82, 2.24) is 5.32 Å². The molecule has 0 amide bonds. The molecule has 0 saturated carbocycles. The smallest absolute Gasteiger partial charge is 0.127 e. The predicted octanol–water partition coefficient (Wildman–Crippen LogP) is 3.75. The average Bonchev–Trinajstić information content (AvgIpc) is 2.28. The van der Waals surface area contributed by atoms with Gasteiger partial charge in [0.2, 0.25) is 0 Å². The maximum Gasteiger partial charge on any atom is 0.127 e. The summed E-state index contributed by atoms with van der Waals surface area (Å²) < 4.78 is 13.7. The van der Waals surface area contributed by atoms with Gasteiger partial charge in [0, 0.05) is 11.6 Å². The van der Waals surface area contributed by atoms with Crippen LogP contribution in [0.3, 0.4) is 0 Å². The number of allylic oxidation sites excluding steroid dienone is 1. The van der Waals surface area contributed by atoms with Gasteiger partial charge in [-0.2, -0.15) is 0 Å². The molecule has 1 rings (SSSR count). The Morgan fingerprint density at radius 3 is 2.88 bits per heavy atom. The van der Waals surface area contributed by atoms with Gasteiger partial charge in [-0.05, 0) is 32.4 Å². The minimum absolute atomic E-state index is 0.0860. The van der Waals surface area contributed by atoms with E-state index in [0.717, 1.165) is 30.5 Å². The molecule has 1 aromatic rings. The second-order valence-electron chi connectivity index (χ2n) is 4.00. The molecule has 2 heteroatoms. The lowest BCUT2D eigenvalue weighted by molar-refractivity contribution is 0.488. The second kappa shape index (κ2) is 6.44. The molecule has 1 unspecified atom stereocenters. The van der Waals surface area contributed by atoms with Crippen molar-refractivity contribution in [2.24, 2.45) is 0 Å². The van der Waals surface area contributed by atoms with E-state index < -0.39 is 0 Å². The molecular formula is C14H20FN. The van der Waals surface area contributed by atoms with Crippen LogP contribution in [0.25, 0.3) is 0 Å². The highest BCUT2D eigenvalue weighted by Crippen LogP contribution is 2.22. The lowest BCUT2D eigenvalue weighted by Gasteiger charge is -2.18. The largest absolute Gasteiger partial charge is 0.310 e. The summed E-state index contributed by atoms with van der Waals surface area (Å²) in [5.74, 6) is -0.124. The first-order valence-corrected chi connectivity index (χ1v) is 5.79. The Bertz CT molecular complexity index is 347. The van der Waals surface area contributed by atoms with E-state index in [9.17, 15) is 4.39 Å². The maximum absolute atomic E-state index is 13.7. The van der Waals surface area contributed by atoms with Gasteiger partial charge in [-0.1, -0.05) is 30.7 Å². The summed E-state index contributed by atoms with van der Waals surface area (Å²) in [6.07, 6.45) is 3.65. The molecule has 0 bridgehead atoms. The zero-order valence-electron chi connectivity index (χ0n) is 10.1. The van der Waals surface area contributed by atoms with E-state index in [-0.39, 0.29) is 11.9 Å². The molecule has 0 aliphatic heterocycles. The maximum atomic E-state index is 13.7. The fourth-order valence-electron chi connectivity index (χ4n) is 1.83. The van der Waals surface area contributed by atoms with Gasteiger partial charge in [0.05, 0.1) is 0 Å². The van der Waals surface area contributed by atoms with E-state index in [0.29, 0.717) is 0 Å². The third-order valence-electron chi connectivity index (χ3n) is 2.64. The SMILES string of the molecule is C=CCCC(NCC)c1cc(C)ccc1F. The molecule has 1 atom stereocenters. The fraction of sp³-hybridized carbons (Fsp3) is 0.429. The number of benzene rings is 1. The highest BCUT2D eigenvalue weighted by atomic mass is 19.1. The number of halogens is 1. The summed E-state index contributed by atoms with van der Waals surface area (Å²) in [6.45, 7) is 8.57. The zero-order valence-corrected chi connectivity index (χ0v) is 10.1. The molecule has 1 aromatic carbocycles. The molecule has 0 radical (unpaired) electrons. The van der Waals surface area contributed by atoms with Gasteiger partial charge in [-0.25, -0.2) is 4.39 Å². The molecule has 0 aromatic heterocycles. The van der Waals surface area contributed by atoms with Crippen LogP contribution in [0, 0.1) is 12.7 Å². The Kier molecular flexibility index (Phi) is 5.20. The van der Waals surface area contributed by atoms with Crippen LogP contribution in [0.5, 0.6) is 0 Å².